The van der Waals surface area contributed by atoms with Crippen LogP contribution >= 0.6 is 11.6 Å². The van der Waals surface area contributed by atoms with Crippen LogP contribution in [0.4, 0.5) is 5.69 Å². The minimum atomic E-state index is -1.10. The molecule has 34 heavy (non-hydrogen) atoms. The van der Waals surface area contributed by atoms with Gasteiger partial charge in [0.25, 0.3) is 5.91 Å². The fourth-order valence-electron chi connectivity index (χ4n) is 4.47. The van der Waals surface area contributed by atoms with E-state index in [9.17, 15) is 14.7 Å². The SMILES string of the molecule is CCCCC(O)C(CC1CC1)C(=O)NC1N=C(c2ccccc2)c2cc(Cl)ccc2N(C)C1=O. The van der Waals surface area contributed by atoms with Crippen LogP contribution in [-0.4, -0.2) is 41.9 Å². The van der Waals surface area contributed by atoms with Crippen molar-refractivity contribution in [3.8, 4) is 0 Å². The molecule has 0 radical (unpaired) electrons. The Morgan fingerprint density at radius 2 is 1.97 bits per heavy atom. The van der Waals surface area contributed by atoms with Gasteiger partial charge in [-0.2, -0.15) is 0 Å². The number of aliphatic hydroxyl groups excluding tert-OH is 1. The summed E-state index contributed by atoms with van der Waals surface area (Å²) in [5.41, 5.74) is 2.81. The number of aliphatic imine (C=N–C) groups is 1. The van der Waals surface area contributed by atoms with Crippen LogP contribution in [0.5, 0.6) is 0 Å². The van der Waals surface area contributed by atoms with Gasteiger partial charge in [0.1, 0.15) is 0 Å². The van der Waals surface area contributed by atoms with Gasteiger partial charge in [-0.25, -0.2) is 4.99 Å². The Balaban J connectivity index is 1.68. The Morgan fingerprint density at radius 3 is 2.65 bits per heavy atom. The number of aliphatic hydroxyl groups is 1. The summed E-state index contributed by atoms with van der Waals surface area (Å²) < 4.78 is 0. The first kappa shape index (κ1) is 24.4. The van der Waals surface area contributed by atoms with Gasteiger partial charge in [-0.05, 0) is 37.0 Å². The van der Waals surface area contributed by atoms with E-state index in [1.807, 2.05) is 30.3 Å². The van der Waals surface area contributed by atoms with Crippen LogP contribution in [0, 0.1) is 11.8 Å². The summed E-state index contributed by atoms with van der Waals surface area (Å²) in [7, 11) is 1.68. The average Bonchev–Trinajstić information content (AvgIpc) is 3.67. The van der Waals surface area contributed by atoms with Crippen LogP contribution < -0.4 is 10.2 Å². The van der Waals surface area contributed by atoms with Gasteiger partial charge in [0, 0.05) is 23.2 Å². The number of likely N-dealkylation sites (N-methyl/N-ethyl adjacent to an activating group) is 1. The summed E-state index contributed by atoms with van der Waals surface area (Å²) in [4.78, 5) is 33.1. The summed E-state index contributed by atoms with van der Waals surface area (Å²) in [6.07, 6.45) is 3.36. The Hall–Kier alpha value is -2.70. The van der Waals surface area contributed by atoms with E-state index in [2.05, 4.69) is 12.2 Å². The molecule has 2 aromatic carbocycles. The van der Waals surface area contributed by atoms with Gasteiger partial charge < -0.3 is 15.3 Å². The van der Waals surface area contributed by atoms with E-state index in [0.29, 0.717) is 35.2 Å². The first-order valence-electron chi connectivity index (χ1n) is 12.1. The average molecular weight is 482 g/mol. The molecule has 2 amide bonds. The zero-order chi connectivity index (χ0) is 24.2. The molecular formula is C27H32ClN3O3. The maximum atomic E-state index is 13.4. The molecule has 1 aliphatic heterocycles. The maximum Gasteiger partial charge on any atom is 0.272 e. The van der Waals surface area contributed by atoms with Gasteiger partial charge in [0.2, 0.25) is 12.1 Å². The minimum absolute atomic E-state index is 0.317. The molecular weight excluding hydrogens is 450 g/mol. The van der Waals surface area contributed by atoms with E-state index >= 15 is 0 Å². The molecule has 2 aliphatic rings. The number of unbranched alkanes of at least 4 members (excludes halogenated alkanes) is 1. The van der Waals surface area contributed by atoms with Crippen molar-refractivity contribution in [1.82, 2.24) is 5.32 Å². The lowest BCUT2D eigenvalue weighted by atomic mass is 9.91. The molecule has 0 bridgehead atoms. The number of amides is 2. The third-order valence-corrected chi connectivity index (χ3v) is 6.90. The van der Waals surface area contributed by atoms with Crippen molar-refractivity contribution >= 4 is 34.8 Å². The number of benzene rings is 2. The Morgan fingerprint density at radius 1 is 1.24 bits per heavy atom. The molecule has 0 spiro atoms. The normalized spacial score (nSPS) is 19.6. The highest BCUT2D eigenvalue weighted by Crippen LogP contribution is 2.37. The molecule has 1 fully saturated rings. The zero-order valence-corrected chi connectivity index (χ0v) is 20.5. The van der Waals surface area contributed by atoms with Crippen molar-refractivity contribution < 1.29 is 14.7 Å². The fraction of sp³-hybridized carbons (Fsp3) is 0.444. The van der Waals surface area contributed by atoms with Crippen molar-refractivity contribution in [3.05, 3.63) is 64.7 Å². The van der Waals surface area contributed by atoms with E-state index in [4.69, 9.17) is 16.6 Å². The largest absolute Gasteiger partial charge is 0.392 e. The van der Waals surface area contributed by atoms with Gasteiger partial charge in [-0.15, -0.1) is 0 Å². The first-order valence-corrected chi connectivity index (χ1v) is 12.5. The third kappa shape index (κ3) is 5.50. The molecule has 0 saturated heterocycles. The molecule has 180 valence electrons. The predicted molar refractivity (Wildman–Crippen MR) is 135 cm³/mol. The quantitative estimate of drug-likeness (QED) is 0.550. The number of hydrogen-bond donors (Lipinski definition) is 2. The second kappa shape index (κ2) is 10.7. The highest BCUT2D eigenvalue weighted by atomic mass is 35.5. The molecule has 6 nitrogen and oxygen atoms in total. The maximum absolute atomic E-state index is 13.4. The number of nitrogens with one attached hydrogen (secondary N) is 1. The van der Waals surface area contributed by atoms with Gasteiger partial charge in [0.05, 0.1) is 23.4 Å². The summed E-state index contributed by atoms with van der Waals surface area (Å²) in [6, 6.07) is 14.9. The fourth-order valence-corrected chi connectivity index (χ4v) is 4.65. The highest BCUT2D eigenvalue weighted by Gasteiger charge is 2.37. The van der Waals surface area contributed by atoms with Crippen molar-refractivity contribution in [2.45, 2.75) is 57.7 Å². The number of fused-ring (bicyclic) bond motifs is 1. The lowest BCUT2D eigenvalue weighted by Gasteiger charge is -2.25. The second-order valence-corrected chi connectivity index (χ2v) is 9.75. The van der Waals surface area contributed by atoms with Crippen LogP contribution in [0.1, 0.15) is 56.6 Å². The van der Waals surface area contributed by atoms with Crippen LogP contribution in [0.3, 0.4) is 0 Å². The van der Waals surface area contributed by atoms with Crippen LogP contribution in [0.15, 0.2) is 53.5 Å². The number of rotatable bonds is 9. The molecule has 2 N–H and O–H groups in total. The van der Waals surface area contributed by atoms with E-state index in [-0.39, 0.29) is 11.8 Å². The van der Waals surface area contributed by atoms with Crippen molar-refractivity contribution in [3.63, 3.8) is 0 Å². The van der Waals surface area contributed by atoms with Crippen LogP contribution in [-0.2, 0) is 9.59 Å². The second-order valence-electron chi connectivity index (χ2n) is 9.31. The lowest BCUT2D eigenvalue weighted by molar-refractivity contribution is -0.133. The van der Waals surface area contributed by atoms with Gasteiger partial charge in [-0.3, -0.25) is 9.59 Å². The summed E-state index contributed by atoms with van der Waals surface area (Å²) in [5, 5.41) is 14.2. The first-order chi connectivity index (χ1) is 16.4. The van der Waals surface area contributed by atoms with E-state index in [1.165, 1.54) is 4.90 Å². The lowest BCUT2D eigenvalue weighted by Crippen LogP contribution is -2.49. The van der Waals surface area contributed by atoms with Crippen molar-refractivity contribution in [2.24, 2.45) is 16.8 Å². The molecule has 1 saturated carbocycles. The molecule has 3 atom stereocenters. The molecule has 4 rings (SSSR count). The summed E-state index contributed by atoms with van der Waals surface area (Å²) in [6.45, 7) is 2.06. The van der Waals surface area contributed by atoms with E-state index in [1.54, 1.807) is 25.2 Å². The Labute approximate surface area is 206 Å². The van der Waals surface area contributed by atoms with Crippen molar-refractivity contribution in [1.29, 1.82) is 0 Å². The standard InChI is InChI=1S/C27H32ClN3O3/c1-3-4-10-23(32)21(15-17-11-12-17)26(33)30-25-27(34)31(2)22-14-13-19(28)16-20(22)24(29-25)18-8-6-5-7-9-18/h5-9,13-14,16-17,21,23,25,32H,3-4,10-12,15H2,1-2H3,(H,30,33). The zero-order valence-electron chi connectivity index (χ0n) is 19.7. The summed E-state index contributed by atoms with van der Waals surface area (Å²) >= 11 is 6.30. The number of benzodiazepines with no additional fused rings is 1. The smallest absolute Gasteiger partial charge is 0.272 e. The predicted octanol–water partition coefficient (Wildman–Crippen LogP) is 4.56. The van der Waals surface area contributed by atoms with E-state index in [0.717, 1.165) is 36.8 Å². The molecule has 1 aliphatic carbocycles. The summed E-state index contributed by atoms with van der Waals surface area (Å²) in [5.74, 6) is -0.736. The van der Waals surface area contributed by atoms with Crippen LogP contribution in [0.2, 0.25) is 5.02 Å². The number of nitrogens with zero attached hydrogens (tertiary/aromatic N) is 2. The van der Waals surface area contributed by atoms with E-state index < -0.39 is 18.2 Å². The van der Waals surface area contributed by atoms with Crippen LogP contribution in [0.25, 0.3) is 0 Å². The van der Waals surface area contributed by atoms with Gasteiger partial charge in [0.15, 0.2) is 0 Å². The number of hydrogen-bond acceptors (Lipinski definition) is 4. The third-order valence-electron chi connectivity index (χ3n) is 6.66. The topological polar surface area (TPSA) is 82.0 Å². The van der Waals surface area contributed by atoms with Gasteiger partial charge in [-0.1, -0.05) is 74.5 Å². The Bertz CT molecular complexity index is 1070. The number of halogens is 1. The minimum Gasteiger partial charge on any atom is -0.392 e. The number of anilines is 1. The molecule has 1 heterocycles. The molecule has 7 heteroatoms. The number of carbonyl (C=O) groups excluding carboxylic acids is 2. The highest BCUT2D eigenvalue weighted by molar-refractivity contribution is 6.32. The molecule has 0 aromatic heterocycles. The molecule has 3 unspecified atom stereocenters. The Kier molecular flexibility index (Phi) is 7.69. The van der Waals surface area contributed by atoms with Crippen molar-refractivity contribution in [2.75, 3.05) is 11.9 Å². The molecule has 2 aromatic rings. The monoisotopic (exact) mass is 481 g/mol. The van der Waals surface area contributed by atoms with Gasteiger partial charge >= 0.3 is 0 Å². The number of carbonyl (C=O) groups is 2.